The zero-order chi connectivity index (χ0) is 13.3. The highest BCUT2D eigenvalue weighted by Gasteiger charge is 2.29. The van der Waals surface area contributed by atoms with Crippen LogP contribution in [0.3, 0.4) is 0 Å². The molecule has 2 unspecified atom stereocenters. The molecule has 0 aliphatic heterocycles. The Morgan fingerprint density at radius 2 is 2.22 bits per heavy atom. The molecule has 1 aromatic rings. The molecule has 1 saturated carbocycles. The van der Waals surface area contributed by atoms with Gasteiger partial charge in [0.1, 0.15) is 0 Å². The number of nitrogens with one attached hydrogen (secondary N) is 2. The molecule has 0 spiro atoms. The van der Waals surface area contributed by atoms with Gasteiger partial charge in [-0.25, -0.2) is 13.1 Å². The summed E-state index contributed by atoms with van der Waals surface area (Å²) in [5.74, 6) is 0.552. The molecular formula is C11H19N3O3S. The Labute approximate surface area is 107 Å². The maximum absolute atomic E-state index is 12.2. The predicted molar refractivity (Wildman–Crippen MR) is 66.4 cm³/mol. The van der Waals surface area contributed by atoms with Crippen LogP contribution in [-0.4, -0.2) is 29.8 Å². The largest absolute Gasteiger partial charge is 0.392 e. The smallest absolute Gasteiger partial charge is 0.260 e. The third-order valence-electron chi connectivity index (χ3n) is 3.47. The van der Waals surface area contributed by atoms with Crippen LogP contribution in [-0.2, 0) is 16.6 Å². The minimum Gasteiger partial charge on any atom is -0.392 e. The summed E-state index contributed by atoms with van der Waals surface area (Å²) >= 11 is 0. The highest BCUT2D eigenvalue weighted by atomic mass is 32.2. The SMILES string of the molecule is Cc1[nH]nc(S(=O)(=O)NC2CCC(C)C2)c1CO. The lowest BCUT2D eigenvalue weighted by Gasteiger charge is -2.12. The van der Waals surface area contributed by atoms with E-state index in [9.17, 15) is 13.5 Å². The first-order chi connectivity index (χ1) is 8.44. The van der Waals surface area contributed by atoms with Crippen LogP contribution >= 0.6 is 0 Å². The van der Waals surface area contributed by atoms with Crippen LogP contribution in [0.4, 0.5) is 0 Å². The van der Waals surface area contributed by atoms with Crippen LogP contribution in [0, 0.1) is 12.8 Å². The van der Waals surface area contributed by atoms with Crippen LogP contribution in [0.2, 0.25) is 0 Å². The molecule has 7 heteroatoms. The third-order valence-corrected chi connectivity index (χ3v) is 4.96. The molecule has 18 heavy (non-hydrogen) atoms. The van der Waals surface area contributed by atoms with Gasteiger partial charge in [-0.2, -0.15) is 5.10 Å². The molecule has 1 heterocycles. The summed E-state index contributed by atoms with van der Waals surface area (Å²) in [5, 5.41) is 15.5. The Morgan fingerprint density at radius 3 is 2.78 bits per heavy atom. The number of aromatic amines is 1. The average Bonchev–Trinajstić information content (AvgIpc) is 2.84. The van der Waals surface area contributed by atoms with Crippen LogP contribution in [0.1, 0.15) is 37.4 Å². The number of rotatable bonds is 4. The first-order valence-corrected chi connectivity index (χ1v) is 7.59. The lowest BCUT2D eigenvalue weighted by atomic mass is 10.1. The quantitative estimate of drug-likeness (QED) is 0.751. The number of sulfonamides is 1. The summed E-state index contributed by atoms with van der Waals surface area (Å²) < 4.78 is 27.0. The lowest BCUT2D eigenvalue weighted by molar-refractivity contribution is 0.277. The molecular weight excluding hydrogens is 254 g/mol. The normalized spacial score (nSPS) is 24.6. The van der Waals surface area contributed by atoms with Crippen LogP contribution < -0.4 is 4.72 Å². The van der Waals surface area contributed by atoms with Crippen molar-refractivity contribution in [1.29, 1.82) is 0 Å². The zero-order valence-corrected chi connectivity index (χ0v) is 11.4. The van der Waals surface area contributed by atoms with Crippen molar-refractivity contribution in [3.63, 3.8) is 0 Å². The molecule has 1 aliphatic rings. The van der Waals surface area contributed by atoms with Crippen molar-refractivity contribution >= 4 is 10.0 Å². The summed E-state index contributed by atoms with van der Waals surface area (Å²) in [6.45, 7) is 3.47. The summed E-state index contributed by atoms with van der Waals surface area (Å²) in [4.78, 5) is 0. The van der Waals surface area contributed by atoms with Crippen molar-refractivity contribution in [3.05, 3.63) is 11.3 Å². The van der Waals surface area contributed by atoms with Crippen molar-refractivity contribution in [2.75, 3.05) is 0 Å². The van der Waals surface area contributed by atoms with Gasteiger partial charge in [-0.1, -0.05) is 6.92 Å². The number of aromatic nitrogens is 2. The number of aliphatic hydroxyl groups excluding tert-OH is 1. The Kier molecular flexibility index (Phi) is 3.74. The van der Waals surface area contributed by atoms with Gasteiger partial charge in [0, 0.05) is 17.3 Å². The van der Waals surface area contributed by atoms with E-state index in [1.165, 1.54) is 0 Å². The first-order valence-electron chi connectivity index (χ1n) is 6.11. The Bertz CT molecular complexity index is 524. The summed E-state index contributed by atoms with van der Waals surface area (Å²) in [6.07, 6.45) is 2.76. The molecule has 3 N–H and O–H groups in total. The van der Waals surface area contributed by atoms with E-state index in [2.05, 4.69) is 21.8 Å². The van der Waals surface area contributed by atoms with Crippen LogP contribution in [0.5, 0.6) is 0 Å². The van der Waals surface area contributed by atoms with E-state index in [1.807, 2.05) is 0 Å². The molecule has 1 fully saturated rings. The molecule has 0 amide bonds. The molecule has 1 aliphatic carbocycles. The number of aryl methyl sites for hydroxylation is 1. The molecule has 102 valence electrons. The molecule has 0 bridgehead atoms. The second-order valence-electron chi connectivity index (χ2n) is 5.03. The van der Waals surface area contributed by atoms with Gasteiger partial charge in [0.15, 0.2) is 5.03 Å². The van der Waals surface area contributed by atoms with Crippen molar-refractivity contribution in [1.82, 2.24) is 14.9 Å². The standard InChI is InChI=1S/C11H19N3O3S/c1-7-3-4-9(5-7)14-18(16,17)11-10(6-15)8(2)12-13-11/h7,9,14-15H,3-6H2,1-2H3,(H,12,13). The Balaban J connectivity index is 2.20. The molecule has 0 radical (unpaired) electrons. The van der Waals surface area contributed by atoms with Crippen LogP contribution in [0.15, 0.2) is 5.03 Å². The van der Waals surface area contributed by atoms with Crippen molar-refractivity contribution < 1.29 is 13.5 Å². The monoisotopic (exact) mass is 273 g/mol. The van der Waals surface area contributed by atoms with E-state index in [-0.39, 0.29) is 17.7 Å². The van der Waals surface area contributed by atoms with Crippen molar-refractivity contribution in [3.8, 4) is 0 Å². The van der Waals surface area contributed by atoms with Gasteiger partial charge < -0.3 is 5.11 Å². The lowest BCUT2D eigenvalue weighted by Crippen LogP contribution is -2.33. The zero-order valence-electron chi connectivity index (χ0n) is 10.6. The van der Waals surface area contributed by atoms with E-state index in [4.69, 9.17) is 0 Å². The number of hydrogen-bond donors (Lipinski definition) is 3. The second kappa shape index (κ2) is 4.99. The summed E-state index contributed by atoms with van der Waals surface area (Å²) in [7, 11) is -3.64. The fourth-order valence-electron chi connectivity index (χ4n) is 2.43. The predicted octanol–water partition coefficient (Wildman–Crippen LogP) is 0.677. The van der Waals surface area contributed by atoms with Gasteiger partial charge in [0.25, 0.3) is 10.0 Å². The van der Waals surface area contributed by atoms with E-state index in [1.54, 1.807) is 6.92 Å². The van der Waals surface area contributed by atoms with E-state index in [0.29, 0.717) is 17.2 Å². The molecule has 2 atom stereocenters. The van der Waals surface area contributed by atoms with Crippen LogP contribution in [0.25, 0.3) is 0 Å². The highest BCUT2D eigenvalue weighted by Crippen LogP contribution is 2.26. The molecule has 0 saturated heterocycles. The summed E-state index contributed by atoms with van der Waals surface area (Å²) in [6, 6.07) is -0.0199. The van der Waals surface area contributed by atoms with Gasteiger partial charge in [0.05, 0.1) is 6.61 Å². The number of aliphatic hydroxyl groups is 1. The van der Waals surface area contributed by atoms with E-state index < -0.39 is 10.0 Å². The first kappa shape index (κ1) is 13.5. The minimum atomic E-state index is -3.64. The van der Waals surface area contributed by atoms with Crippen molar-refractivity contribution in [2.45, 2.75) is 50.8 Å². The number of hydrogen-bond acceptors (Lipinski definition) is 4. The Morgan fingerprint density at radius 1 is 1.50 bits per heavy atom. The van der Waals surface area contributed by atoms with Gasteiger partial charge in [-0.15, -0.1) is 0 Å². The Hall–Kier alpha value is -0.920. The van der Waals surface area contributed by atoms with Crippen molar-refractivity contribution in [2.24, 2.45) is 5.92 Å². The topological polar surface area (TPSA) is 95.1 Å². The van der Waals surface area contributed by atoms with Gasteiger partial charge >= 0.3 is 0 Å². The molecule has 2 rings (SSSR count). The van der Waals surface area contributed by atoms with Gasteiger partial charge in [0.2, 0.25) is 0 Å². The fraction of sp³-hybridized carbons (Fsp3) is 0.727. The maximum atomic E-state index is 12.2. The number of nitrogens with zero attached hydrogens (tertiary/aromatic N) is 1. The maximum Gasteiger partial charge on any atom is 0.260 e. The fourth-order valence-corrected chi connectivity index (χ4v) is 3.90. The van der Waals surface area contributed by atoms with E-state index >= 15 is 0 Å². The second-order valence-corrected chi connectivity index (χ2v) is 6.66. The molecule has 0 aromatic carbocycles. The van der Waals surface area contributed by atoms with Gasteiger partial charge in [-0.3, -0.25) is 5.10 Å². The molecule has 1 aromatic heterocycles. The summed E-state index contributed by atoms with van der Waals surface area (Å²) in [5.41, 5.74) is 0.922. The van der Waals surface area contributed by atoms with Gasteiger partial charge in [-0.05, 0) is 32.1 Å². The number of H-pyrrole nitrogens is 1. The van der Waals surface area contributed by atoms with E-state index in [0.717, 1.165) is 19.3 Å². The average molecular weight is 273 g/mol. The molecule has 6 nitrogen and oxygen atoms in total. The minimum absolute atomic E-state index is 0.0199. The highest BCUT2D eigenvalue weighted by molar-refractivity contribution is 7.89. The third kappa shape index (κ3) is 2.57.